The second-order valence-corrected chi connectivity index (χ2v) is 16.2. The van der Waals surface area contributed by atoms with Crippen molar-refractivity contribution >= 4 is 40.5 Å². The number of nitrogens with one attached hydrogen (secondary N) is 2. The summed E-state index contributed by atoms with van der Waals surface area (Å²) < 4.78 is 34.3. The third-order valence-electron chi connectivity index (χ3n) is 6.47. The van der Waals surface area contributed by atoms with Gasteiger partial charge in [0.05, 0.1) is 21.8 Å². The first kappa shape index (κ1) is 24.6. The largest absolute Gasteiger partial charge is 0.415 e. The molecule has 1 aliphatic heterocycles. The van der Waals surface area contributed by atoms with E-state index in [0.717, 1.165) is 5.56 Å². The summed E-state index contributed by atoms with van der Waals surface area (Å²) in [6, 6.07) is 5.76. The average molecular weight is 482 g/mol. The highest BCUT2D eigenvalue weighted by atomic mass is 32.2. The van der Waals surface area contributed by atoms with Crippen LogP contribution in [0.5, 0.6) is 0 Å². The van der Waals surface area contributed by atoms with E-state index >= 15 is 0 Å². The molecule has 0 amide bonds. The van der Waals surface area contributed by atoms with Gasteiger partial charge in [0.1, 0.15) is 0 Å². The van der Waals surface area contributed by atoms with Crippen LogP contribution in [0.15, 0.2) is 29.2 Å². The first-order valence-corrected chi connectivity index (χ1v) is 14.9. The van der Waals surface area contributed by atoms with Crippen LogP contribution < -0.4 is 10.0 Å². The summed E-state index contributed by atoms with van der Waals surface area (Å²) in [4.78, 5) is 11.1. The topological polar surface area (TPSA) is 131 Å². The summed E-state index contributed by atoms with van der Waals surface area (Å²) in [6.45, 7) is 11.2. The molecule has 2 aromatic carbocycles. The standard InChI is InChI=1S/C21H31N3O6SSi/c1-21(2,3)32(4,5)30-9-8-23-31(28,29)15-6-7-16-17(10-15)19(24(26)27)11-18-20(16)14(13-25)12-22-18/h6-7,10-11,14,22-23,25H,8-9,12-13H2,1-5H3. The number of aliphatic hydroxyl groups excluding tert-OH is 1. The van der Waals surface area contributed by atoms with E-state index in [0.29, 0.717) is 17.6 Å². The van der Waals surface area contributed by atoms with Gasteiger partial charge < -0.3 is 14.8 Å². The summed E-state index contributed by atoms with van der Waals surface area (Å²) in [7, 11) is -5.88. The zero-order valence-electron chi connectivity index (χ0n) is 19.1. The number of benzene rings is 2. The molecule has 176 valence electrons. The van der Waals surface area contributed by atoms with E-state index in [1.165, 1.54) is 18.2 Å². The third-order valence-corrected chi connectivity index (χ3v) is 12.5. The van der Waals surface area contributed by atoms with Gasteiger partial charge in [-0.25, -0.2) is 13.1 Å². The van der Waals surface area contributed by atoms with Crippen molar-refractivity contribution in [3.05, 3.63) is 39.9 Å². The molecule has 0 saturated carbocycles. The van der Waals surface area contributed by atoms with Crippen LogP contribution in [0.1, 0.15) is 32.3 Å². The van der Waals surface area contributed by atoms with E-state index in [1.807, 2.05) is 0 Å². The molecule has 2 aromatic rings. The maximum Gasteiger partial charge on any atom is 0.279 e. The molecule has 0 bridgehead atoms. The Bertz CT molecular complexity index is 1140. The van der Waals surface area contributed by atoms with Crippen molar-refractivity contribution < 1.29 is 22.9 Å². The van der Waals surface area contributed by atoms with Gasteiger partial charge in [0, 0.05) is 37.4 Å². The zero-order valence-corrected chi connectivity index (χ0v) is 20.9. The summed E-state index contributed by atoms with van der Waals surface area (Å²) in [5.74, 6) is -0.207. The minimum atomic E-state index is -3.88. The minimum absolute atomic E-state index is 0.0186. The molecule has 1 heterocycles. The quantitative estimate of drug-likeness (QED) is 0.227. The first-order valence-electron chi connectivity index (χ1n) is 10.5. The van der Waals surface area contributed by atoms with Gasteiger partial charge >= 0.3 is 0 Å². The number of anilines is 1. The Labute approximate surface area is 189 Å². The molecule has 0 fully saturated rings. The van der Waals surface area contributed by atoms with Gasteiger partial charge in [0.25, 0.3) is 5.69 Å². The van der Waals surface area contributed by atoms with Gasteiger partial charge in [-0.3, -0.25) is 10.1 Å². The number of nitrogens with zero attached hydrogens (tertiary/aromatic N) is 1. The van der Waals surface area contributed by atoms with Crippen LogP contribution in [0.25, 0.3) is 10.8 Å². The molecular weight excluding hydrogens is 450 g/mol. The number of nitro benzene ring substituents is 1. The molecule has 1 atom stereocenters. The maximum absolute atomic E-state index is 12.9. The normalized spacial score (nSPS) is 16.8. The fourth-order valence-corrected chi connectivity index (χ4v) is 5.67. The highest BCUT2D eigenvalue weighted by Crippen LogP contribution is 2.42. The number of sulfonamides is 1. The Morgan fingerprint density at radius 1 is 1.28 bits per heavy atom. The van der Waals surface area contributed by atoms with Gasteiger partial charge in [-0.1, -0.05) is 26.8 Å². The van der Waals surface area contributed by atoms with E-state index in [-0.39, 0.29) is 46.7 Å². The minimum Gasteiger partial charge on any atom is -0.415 e. The first-order chi connectivity index (χ1) is 14.8. The molecule has 0 aliphatic carbocycles. The van der Waals surface area contributed by atoms with Crippen LogP contribution in [0.4, 0.5) is 11.4 Å². The van der Waals surface area contributed by atoms with E-state index in [1.54, 1.807) is 6.07 Å². The van der Waals surface area contributed by atoms with Crippen molar-refractivity contribution in [2.24, 2.45) is 0 Å². The highest BCUT2D eigenvalue weighted by Gasteiger charge is 2.37. The second kappa shape index (κ2) is 8.71. The molecule has 9 nitrogen and oxygen atoms in total. The molecule has 0 saturated heterocycles. The van der Waals surface area contributed by atoms with Gasteiger partial charge in [-0.2, -0.15) is 0 Å². The molecule has 3 rings (SSSR count). The number of hydrogen-bond acceptors (Lipinski definition) is 7. The van der Waals surface area contributed by atoms with E-state index < -0.39 is 23.3 Å². The molecule has 11 heteroatoms. The number of aliphatic hydroxyl groups is 1. The lowest BCUT2D eigenvalue weighted by Crippen LogP contribution is -2.42. The SMILES string of the molecule is CC(C)(C)[Si](C)(C)OCCNS(=O)(=O)c1ccc2c3c(cc([N+](=O)[O-])c2c1)NCC3CO. The van der Waals surface area contributed by atoms with Crippen LogP contribution >= 0.6 is 0 Å². The smallest absolute Gasteiger partial charge is 0.279 e. The molecule has 1 aliphatic rings. The van der Waals surface area contributed by atoms with Crippen molar-refractivity contribution in [2.45, 2.75) is 49.7 Å². The summed E-state index contributed by atoms with van der Waals surface area (Å²) >= 11 is 0. The molecule has 3 N–H and O–H groups in total. The van der Waals surface area contributed by atoms with Gasteiger partial charge in [0.15, 0.2) is 8.32 Å². The Balaban J connectivity index is 1.88. The van der Waals surface area contributed by atoms with Crippen LogP contribution in [-0.2, 0) is 14.4 Å². The molecule has 0 radical (unpaired) electrons. The van der Waals surface area contributed by atoms with Crippen LogP contribution in [0.2, 0.25) is 18.1 Å². The molecular formula is C21H31N3O6SSi. The van der Waals surface area contributed by atoms with Crippen molar-refractivity contribution in [3.63, 3.8) is 0 Å². The van der Waals surface area contributed by atoms with Gasteiger partial charge in [-0.05, 0) is 41.2 Å². The monoisotopic (exact) mass is 481 g/mol. The molecule has 32 heavy (non-hydrogen) atoms. The number of nitro groups is 1. The van der Waals surface area contributed by atoms with Gasteiger partial charge in [-0.15, -0.1) is 0 Å². The third kappa shape index (κ3) is 4.67. The second-order valence-electron chi connectivity index (χ2n) is 9.59. The van der Waals surface area contributed by atoms with Crippen LogP contribution in [0, 0.1) is 10.1 Å². The maximum atomic E-state index is 12.9. The van der Waals surface area contributed by atoms with E-state index in [4.69, 9.17) is 4.43 Å². The Kier molecular flexibility index (Phi) is 6.69. The summed E-state index contributed by atoms with van der Waals surface area (Å²) in [5.41, 5.74) is 1.19. The molecule has 0 aromatic heterocycles. The Hall–Kier alpha value is -2.05. The number of non-ortho nitro benzene ring substituents is 1. The van der Waals surface area contributed by atoms with Crippen LogP contribution in [0.3, 0.4) is 0 Å². The summed E-state index contributed by atoms with van der Waals surface area (Å²) in [6.07, 6.45) is 0. The van der Waals surface area contributed by atoms with Crippen LogP contribution in [-0.4, -0.2) is 53.1 Å². The fourth-order valence-electron chi connectivity index (χ4n) is 3.58. The number of hydrogen-bond donors (Lipinski definition) is 3. The number of fused-ring (bicyclic) bond motifs is 3. The molecule has 1 unspecified atom stereocenters. The Morgan fingerprint density at radius 3 is 2.56 bits per heavy atom. The van der Waals surface area contributed by atoms with E-state index in [9.17, 15) is 23.6 Å². The predicted molar refractivity (Wildman–Crippen MR) is 127 cm³/mol. The molecule has 0 spiro atoms. The summed E-state index contributed by atoms with van der Waals surface area (Å²) in [5, 5.41) is 25.2. The predicted octanol–water partition coefficient (Wildman–Crippen LogP) is 3.55. The lowest BCUT2D eigenvalue weighted by molar-refractivity contribution is -0.383. The van der Waals surface area contributed by atoms with E-state index in [2.05, 4.69) is 43.9 Å². The van der Waals surface area contributed by atoms with Crippen molar-refractivity contribution in [1.29, 1.82) is 0 Å². The highest BCUT2D eigenvalue weighted by molar-refractivity contribution is 7.89. The fraction of sp³-hybridized carbons (Fsp3) is 0.524. The average Bonchev–Trinajstić information content (AvgIpc) is 3.12. The van der Waals surface area contributed by atoms with Gasteiger partial charge in [0.2, 0.25) is 10.0 Å². The number of rotatable bonds is 8. The van der Waals surface area contributed by atoms with Crippen molar-refractivity contribution in [3.8, 4) is 0 Å². The lowest BCUT2D eigenvalue weighted by Gasteiger charge is -2.36. The zero-order chi connectivity index (χ0) is 23.9. The Morgan fingerprint density at radius 2 is 1.97 bits per heavy atom. The van der Waals surface area contributed by atoms with Crippen molar-refractivity contribution in [2.75, 3.05) is 31.6 Å². The lowest BCUT2D eigenvalue weighted by atomic mass is 9.94. The van der Waals surface area contributed by atoms with Crippen molar-refractivity contribution in [1.82, 2.24) is 4.72 Å².